The van der Waals surface area contributed by atoms with Crippen molar-refractivity contribution >= 4 is 23.5 Å². The number of aryl methyl sites for hydroxylation is 1. The van der Waals surface area contributed by atoms with Crippen molar-refractivity contribution in [3.8, 4) is 0 Å². The first-order valence-electron chi connectivity index (χ1n) is 6.37. The lowest BCUT2D eigenvalue weighted by Gasteiger charge is -2.11. The number of amides is 1. The van der Waals surface area contributed by atoms with Gasteiger partial charge in [-0.2, -0.15) is 0 Å². The lowest BCUT2D eigenvalue weighted by atomic mass is 10.0. The second-order valence-electron chi connectivity index (χ2n) is 4.66. The fraction of sp³-hybridized carbons (Fsp3) is 0.0625. The summed E-state index contributed by atoms with van der Waals surface area (Å²) in [5, 5.41) is 20.7. The van der Waals surface area contributed by atoms with Gasteiger partial charge in [-0.25, -0.2) is 9.59 Å². The Morgan fingerprint density at radius 3 is 2.23 bits per heavy atom. The highest BCUT2D eigenvalue weighted by Gasteiger charge is 2.21. The number of carboxylic acids is 2. The van der Waals surface area contributed by atoms with E-state index in [4.69, 9.17) is 5.11 Å². The van der Waals surface area contributed by atoms with Gasteiger partial charge in [0.25, 0.3) is 5.91 Å². The fourth-order valence-electron chi connectivity index (χ4n) is 2.05. The van der Waals surface area contributed by atoms with Gasteiger partial charge in [0.1, 0.15) is 0 Å². The highest BCUT2D eigenvalue weighted by Crippen LogP contribution is 2.21. The number of carbonyl (C=O) groups excluding carboxylic acids is 1. The van der Waals surface area contributed by atoms with Crippen LogP contribution in [0.2, 0.25) is 0 Å². The molecule has 6 nitrogen and oxygen atoms in total. The van der Waals surface area contributed by atoms with E-state index in [1.54, 1.807) is 18.2 Å². The molecule has 0 bridgehead atoms. The summed E-state index contributed by atoms with van der Waals surface area (Å²) >= 11 is 0. The minimum Gasteiger partial charge on any atom is -0.478 e. The zero-order chi connectivity index (χ0) is 16.3. The molecule has 0 fully saturated rings. The molecule has 2 aromatic carbocycles. The van der Waals surface area contributed by atoms with Crippen LogP contribution in [0.5, 0.6) is 0 Å². The molecule has 2 aromatic rings. The molecule has 0 atom stereocenters. The predicted molar refractivity (Wildman–Crippen MR) is 79.5 cm³/mol. The van der Waals surface area contributed by atoms with E-state index in [0.717, 1.165) is 5.56 Å². The molecular weight excluding hydrogens is 286 g/mol. The Bertz CT molecular complexity index is 767. The average Bonchev–Trinajstić information content (AvgIpc) is 2.46. The normalized spacial score (nSPS) is 10.0. The molecule has 0 aliphatic heterocycles. The largest absolute Gasteiger partial charge is 0.478 e. The van der Waals surface area contributed by atoms with E-state index in [1.165, 1.54) is 18.2 Å². The molecule has 3 N–H and O–H groups in total. The van der Waals surface area contributed by atoms with Crippen molar-refractivity contribution in [1.82, 2.24) is 0 Å². The van der Waals surface area contributed by atoms with Crippen LogP contribution in [0.4, 0.5) is 5.69 Å². The topological polar surface area (TPSA) is 104 Å². The summed E-state index contributed by atoms with van der Waals surface area (Å²) in [5.74, 6) is -3.30. The van der Waals surface area contributed by atoms with E-state index in [1.807, 2.05) is 13.0 Å². The molecule has 6 heteroatoms. The maximum atomic E-state index is 12.2. The quantitative estimate of drug-likeness (QED) is 0.805. The van der Waals surface area contributed by atoms with Crippen molar-refractivity contribution in [3.05, 3.63) is 64.7 Å². The Kier molecular flexibility index (Phi) is 4.22. The molecule has 22 heavy (non-hydrogen) atoms. The van der Waals surface area contributed by atoms with Gasteiger partial charge in [-0.05, 0) is 31.2 Å². The SMILES string of the molecule is Cc1cccc(C(=O)Nc2cccc(C(=O)O)c2C(=O)O)c1. The number of anilines is 1. The van der Waals surface area contributed by atoms with Gasteiger partial charge in [0.2, 0.25) is 0 Å². The maximum absolute atomic E-state index is 12.2. The van der Waals surface area contributed by atoms with Crippen LogP contribution >= 0.6 is 0 Å². The van der Waals surface area contributed by atoms with Crippen molar-refractivity contribution in [1.29, 1.82) is 0 Å². The first-order chi connectivity index (χ1) is 10.4. The van der Waals surface area contributed by atoms with Crippen molar-refractivity contribution in [2.24, 2.45) is 0 Å². The number of hydrogen-bond acceptors (Lipinski definition) is 3. The van der Waals surface area contributed by atoms with E-state index < -0.39 is 23.4 Å². The third kappa shape index (κ3) is 3.12. The summed E-state index contributed by atoms with van der Waals surface area (Å²) in [4.78, 5) is 34.6. The van der Waals surface area contributed by atoms with Crippen LogP contribution in [0.25, 0.3) is 0 Å². The minimum atomic E-state index is -1.42. The lowest BCUT2D eigenvalue weighted by molar-refractivity contribution is 0.0652. The predicted octanol–water partition coefficient (Wildman–Crippen LogP) is 2.64. The van der Waals surface area contributed by atoms with Crippen LogP contribution in [0, 0.1) is 6.92 Å². The van der Waals surface area contributed by atoms with Crippen molar-refractivity contribution < 1.29 is 24.6 Å². The summed E-state index contributed by atoms with van der Waals surface area (Å²) < 4.78 is 0. The number of rotatable bonds is 4. The van der Waals surface area contributed by atoms with Crippen molar-refractivity contribution in [3.63, 3.8) is 0 Å². The fourth-order valence-corrected chi connectivity index (χ4v) is 2.05. The molecule has 0 aromatic heterocycles. The summed E-state index contributed by atoms with van der Waals surface area (Å²) in [5.41, 5.74) is 0.354. The van der Waals surface area contributed by atoms with Gasteiger partial charge in [0, 0.05) is 5.56 Å². The van der Waals surface area contributed by atoms with Crippen molar-refractivity contribution in [2.45, 2.75) is 6.92 Å². The molecule has 0 aliphatic rings. The first kappa shape index (κ1) is 15.2. The van der Waals surface area contributed by atoms with Crippen LogP contribution in [-0.2, 0) is 0 Å². The van der Waals surface area contributed by atoms with E-state index in [0.29, 0.717) is 5.56 Å². The van der Waals surface area contributed by atoms with Crippen LogP contribution in [-0.4, -0.2) is 28.1 Å². The average molecular weight is 299 g/mol. The standard InChI is InChI=1S/C16H13NO5/c1-9-4-2-5-10(8-9)14(18)17-12-7-3-6-11(15(19)20)13(12)16(21)22/h2-8H,1H3,(H,17,18)(H,19,20)(H,21,22). The maximum Gasteiger partial charge on any atom is 0.338 e. The van der Waals surface area contributed by atoms with Crippen molar-refractivity contribution in [2.75, 3.05) is 5.32 Å². The lowest BCUT2D eigenvalue weighted by Crippen LogP contribution is -2.17. The van der Waals surface area contributed by atoms with Gasteiger partial charge in [0.15, 0.2) is 0 Å². The number of nitrogens with one attached hydrogen (secondary N) is 1. The first-order valence-corrected chi connectivity index (χ1v) is 6.37. The second-order valence-corrected chi connectivity index (χ2v) is 4.66. The highest BCUT2D eigenvalue weighted by molar-refractivity contribution is 6.11. The van der Waals surface area contributed by atoms with Gasteiger partial charge in [-0.1, -0.05) is 23.8 Å². The Labute approximate surface area is 126 Å². The van der Waals surface area contributed by atoms with E-state index >= 15 is 0 Å². The molecule has 0 spiro atoms. The molecular formula is C16H13NO5. The molecule has 1 amide bonds. The molecule has 0 aliphatic carbocycles. The Morgan fingerprint density at radius 1 is 0.955 bits per heavy atom. The molecule has 0 radical (unpaired) electrons. The third-order valence-electron chi connectivity index (χ3n) is 3.04. The molecule has 0 heterocycles. The molecule has 112 valence electrons. The van der Waals surface area contributed by atoms with E-state index in [2.05, 4.69) is 5.32 Å². The van der Waals surface area contributed by atoms with Crippen LogP contribution in [0.1, 0.15) is 36.6 Å². The minimum absolute atomic E-state index is 0.0566. The van der Waals surface area contributed by atoms with Crippen LogP contribution < -0.4 is 5.32 Å². The second kappa shape index (κ2) is 6.09. The summed E-state index contributed by atoms with van der Waals surface area (Å²) in [6, 6.07) is 10.7. The zero-order valence-corrected chi connectivity index (χ0v) is 11.7. The third-order valence-corrected chi connectivity index (χ3v) is 3.04. The Balaban J connectivity index is 2.41. The Hall–Kier alpha value is -3.15. The smallest absolute Gasteiger partial charge is 0.338 e. The number of carboxylic acid groups (broad SMARTS) is 2. The summed E-state index contributed by atoms with van der Waals surface area (Å²) in [6.07, 6.45) is 0. The molecule has 0 saturated heterocycles. The molecule has 0 unspecified atom stereocenters. The van der Waals surface area contributed by atoms with Gasteiger partial charge in [-0.3, -0.25) is 4.79 Å². The Morgan fingerprint density at radius 2 is 1.64 bits per heavy atom. The summed E-state index contributed by atoms with van der Waals surface area (Å²) in [7, 11) is 0. The van der Waals surface area contributed by atoms with Gasteiger partial charge in [0.05, 0.1) is 16.8 Å². The zero-order valence-electron chi connectivity index (χ0n) is 11.7. The van der Waals surface area contributed by atoms with Crippen LogP contribution in [0.3, 0.4) is 0 Å². The summed E-state index contributed by atoms with van der Waals surface area (Å²) in [6.45, 7) is 1.82. The number of aromatic carboxylic acids is 2. The number of carbonyl (C=O) groups is 3. The molecule has 2 rings (SSSR count). The van der Waals surface area contributed by atoms with E-state index in [9.17, 15) is 19.5 Å². The number of hydrogen-bond donors (Lipinski definition) is 3. The van der Waals surface area contributed by atoms with Gasteiger partial charge < -0.3 is 15.5 Å². The monoisotopic (exact) mass is 299 g/mol. The van der Waals surface area contributed by atoms with E-state index in [-0.39, 0.29) is 11.3 Å². The van der Waals surface area contributed by atoms with Gasteiger partial charge in [-0.15, -0.1) is 0 Å². The number of benzene rings is 2. The highest BCUT2D eigenvalue weighted by atomic mass is 16.4. The van der Waals surface area contributed by atoms with Crippen LogP contribution in [0.15, 0.2) is 42.5 Å². The van der Waals surface area contributed by atoms with Gasteiger partial charge >= 0.3 is 11.9 Å². The molecule has 0 saturated carbocycles.